The van der Waals surface area contributed by atoms with Crippen LogP contribution in [0, 0.1) is 11.8 Å². The minimum Gasteiger partial charge on any atom is -0.480 e. The molecule has 0 aliphatic carbocycles. The second-order valence-electron chi connectivity index (χ2n) is 9.43. The van der Waals surface area contributed by atoms with Gasteiger partial charge in [0.1, 0.15) is 18.1 Å². The Bertz CT molecular complexity index is 860. The maximum Gasteiger partial charge on any atom is 0.326 e. The van der Waals surface area contributed by atoms with Gasteiger partial charge in [0.25, 0.3) is 0 Å². The summed E-state index contributed by atoms with van der Waals surface area (Å²) in [6, 6.07) is 5.89. The van der Waals surface area contributed by atoms with E-state index in [1.54, 1.807) is 13.8 Å². The molecular formula is C25H38N4O5. The first-order valence-corrected chi connectivity index (χ1v) is 12.0. The van der Waals surface area contributed by atoms with Crippen LogP contribution in [-0.4, -0.2) is 64.4 Å². The molecule has 0 aromatic heterocycles. The molecule has 0 radical (unpaired) electrons. The average molecular weight is 475 g/mol. The lowest BCUT2D eigenvalue weighted by atomic mass is 9.95. The molecule has 5 unspecified atom stereocenters. The van der Waals surface area contributed by atoms with E-state index in [0.717, 1.165) is 5.56 Å². The van der Waals surface area contributed by atoms with E-state index in [4.69, 9.17) is 5.73 Å². The van der Waals surface area contributed by atoms with Crippen molar-refractivity contribution in [3.63, 3.8) is 0 Å². The van der Waals surface area contributed by atoms with Crippen LogP contribution in [0.4, 0.5) is 0 Å². The van der Waals surface area contributed by atoms with Gasteiger partial charge in [-0.05, 0) is 36.7 Å². The van der Waals surface area contributed by atoms with Gasteiger partial charge in [-0.2, -0.15) is 0 Å². The topological polar surface area (TPSA) is 142 Å². The highest BCUT2D eigenvalue weighted by atomic mass is 16.4. The minimum atomic E-state index is -1.04. The Labute approximate surface area is 201 Å². The Morgan fingerprint density at radius 3 is 2.24 bits per heavy atom. The molecule has 2 rings (SSSR count). The van der Waals surface area contributed by atoms with Crippen LogP contribution in [-0.2, 0) is 25.6 Å². The summed E-state index contributed by atoms with van der Waals surface area (Å²) in [5, 5.41) is 15.0. The van der Waals surface area contributed by atoms with Crippen molar-refractivity contribution in [2.75, 3.05) is 6.54 Å². The molecule has 1 aliphatic rings. The zero-order chi connectivity index (χ0) is 25.4. The third-order valence-corrected chi connectivity index (χ3v) is 6.48. The van der Waals surface area contributed by atoms with E-state index in [2.05, 4.69) is 10.6 Å². The van der Waals surface area contributed by atoms with Crippen LogP contribution < -0.4 is 16.4 Å². The minimum absolute atomic E-state index is 0.213. The zero-order valence-corrected chi connectivity index (χ0v) is 20.5. The summed E-state index contributed by atoms with van der Waals surface area (Å²) >= 11 is 0. The Morgan fingerprint density at radius 2 is 1.68 bits per heavy atom. The Hall–Kier alpha value is -2.94. The number of hydrogen-bond acceptors (Lipinski definition) is 5. The van der Waals surface area contributed by atoms with E-state index < -0.39 is 47.9 Å². The van der Waals surface area contributed by atoms with Gasteiger partial charge in [-0.15, -0.1) is 0 Å². The van der Waals surface area contributed by atoms with Crippen molar-refractivity contribution in [2.45, 2.75) is 77.5 Å². The summed E-state index contributed by atoms with van der Waals surface area (Å²) in [6.45, 7) is 7.69. The summed E-state index contributed by atoms with van der Waals surface area (Å²) in [7, 11) is 0. The molecule has 0 saturated carbocycles. The van der Waals surface area contributed by atoms with E-state index >= 15 is 0 Å². The van der Waals surface area contributed by atoms with Gasteiger partial charge in [0.05, 0.1) is 6.04 Å². The fraction of sp³-hybridized carbons (Fsp3) is 0.600. The number of carbonyl (C=O) groups is 4. The molecule has 1 heterocycles. The lowest BCUT2D eigenvalue weighted by Crippen LogP contribution is -2.60. The number of nitrogens with zero attached hydrogens (tertiary/aromatic N) is 1. The quantitative estimate of drug-likeness (QED) is 0.381. The van der Waals surface area contributed by atoms with Crippen LogP contribution in [0.15, 0.2) is 30.3 Å². The SMILES string of the molecule is CCC(C)C(NC(=O)C(NC(=O)C(N)Cc1ccccc1)C(C)C)C(=O)N1CCCC1C(=O)O. The maximum atomic E-state index is 13.3. The monoisotopic (exact) mass is 474 g/mol. The number of carboxylic acids is 1. The largest absolute Gasteiger partial charge is 0.480 e. The van der Waals surface area contributed by atoms with Crippen LogP contribution in [0.25, 0.3) is 0 Å². The van der Waals surface area contributed by atoms with Crippen molar-refractivity contribution in [3.8, 4) is 0 Å². The van der Waals surface area contributed by atoms with Gasteiger partial charge in [-0.3, -0.25) is 14.4 Å². The van der Waals surface area contributed by atoms with Gasteiger partial charge >= 0.3 is 5.97 Å². The van der Waals surface area contributed by atoms with Crippen molar-refractivity contribution < 1.29 is 24.3 Å². The smallest absolute Gasteiger partial charge is 0.326 e. The number of amides is 3. The maximum absolute atomic E-state index is 13.3. The van der Waals surface area contributed by atoms with Crippen molar-refractivity contribution >= 4 is 23.7 Å². The van der Waals surface area contributed by atoms with Gasteiger partial charge in [-0.1, -0.05) is 64.4 Å². The molecule has 34 heavy (non-hydrogen) atoms. The summed E-state index contributed by atoms with van der Waals surface area (Å²) in [4.78, 5) is 52.1. The number of carboxylic acid groups (broad SMARTS) is 1. The van der Waals surface area contributed by atoms with Gasteiger partial charge in [0, 0.05) is 6.54 Å². The standard InChI is InChI=1S/C25H38N4O5/c1-5-16(4)21(24(32)29-13-9-12-19(29)25(33)34)28-23(31)20(15(2)3)27-22(30)18(26)14-17-10-7-6-8-11-17/h6-8,10-11,15-16,18-21H,5,9,12-14,26H2,1-4H3,(H,27,30)(H,28,31)(H,33,34). The van der Waals surface area contributed by atoms with Crippen LogP contribution in [0.2, 0.25) is 0 Å². The van der Waals surface area contributed by atoms with Gasteiger partial charge in [0.15, 0.2) is 0 Å². The molecule has 5 atom stereocenters. The van der Waals surface area contributed by atoms with Crippen LogP contribution >= 0.6 is 0 Å². The number of nitrogens with one attached hydrogen (secondary N) is 2. The van der Waals surface area contributed by atoms with E-state index in [9.17, 15) is 24.3 Å². The van der Waals surface area contributed by atoms with E-state index in [1.807, 2.05) is 44.2 Å². The van der Waals surface area contributed by atoms with Gasteiger partial charge in [0.2, 0.25) is 17.7 Å². The van der Waals surface area contributed by atoms with E-state index in [0.29, 0.717) is 32.2 Å². The first-order chi connectivity index (χ1) is 16.1. The molecule has 3 amide bonds. The normalized spacial score (nSPS) is 19.2. The first kappa shape index (κ1) is 27.3. The predicted octanol–water partition coefficient (Wildman–Crippen LogP) is 1.30. The van der Waals surface area contributed by atoms with Gasteiger partial charge < -0.3 is 26.4 Å². The zero-order valence-electron chi connectivity index (χ0n) is 20.5. The highest BCUT2D eigenvalue weighted by molar-refractivity contribution is 5.94. The van der Waals surface area contributed by atoms with Crippen molar-refractivity contribution in [3.05, 3.63) is 35.9 Å². The van der Waals surface area contributed by atoms with Crippen molar-refractivity contribution in [1.29, 1.82) is 0 Å². The molecule has 0 spiro atoms. The fourth-order valence-electron chi connectivity index (χ4n) is 4.15. The Morgan fingerprint density at radius 1 is 1.06 bits per heavy atom. The third kappa shape index (κ3) is 7.03. The second-order valence-corrected chi connectivity index (χ2v) is 9.43. The molecule has 9 nitrogen and oxygen atoms in total. The van der Waals surface area contributed by atoms with E-state index in [1.165, 1.54) is 4.90 Å². The summed E-state index contributed by atoms with van der Waals surface area (Å²) < 4.78 is 0. The van der Waals surface area contributed by atoms with E-state index in [-0.39, 0.29) is 11.8 Å². The molecule has 1 fully saturated rings. The molecule has 0 bridgehead atoms. The predicted molar refractivity (Wildman–Crippen MR) is 129 cm³/mol. The summed E-state index contributed by atoms with van der Waals surface area (Å²) in [5.74, 6) is -2.84. The Kier molecular flexibility index (Phi) is 10.0. The molecule has 1 saturated heterocycles. The Balaban J connectivity index is 2.11. The summed E-state index contributed by atoms with van der Waals surface area (Å²) in [6.07, 6.45) is 1.95. The number of nitrogens with two attached hydrogens (primary N) is 1. The number of carbonyl (C=O) groups excluding carboxylic acids is 3. The molecule has 5 N–H and O–H groups in total. The average Bonchev–Trinajstić information content (AvgIpc) is 3.30. The van der Waals surface area contributed by atoms with Crippen LogP contribution in [0.1, 0.15) is 52.5 Å². The third-order valence-electron chi connectivity index (χ3n) is 6.48. The number of hydrogen-bond donors (Lipinski definition) is 4. The van der Waals surface area contributed by atoms with Crippen LogP contribution in [0.5, 0.6) is 0 Å². The molecule has 1 aliphatic heterocycles. The molecule has 188 valence electrons. The summed E-state index contributed by atoms with van der Waals surface area (Å²) in [5.41, 5.74) is 7.00. The molecule has 9 heteroatoms. The lowest BCUT2D eigenvalue weighted by molar-refractivity contribution is -0.150. The number of likely N-dealkylation sites (tertiary alicyclic amines) is 1. The highest BCUT2D eigenvalue weighted by Gasteiger charge is 2.40. The number of benzene rings is 1. The first-order valence-electron chi connectivity index (χ1n) is 12.0. The molecule has 1 aromatic rings. The van der Waals surface area contributed by atoms with Crippen molar-refractivity contribution in [2.24, 2.45) is 17.6 Å². The molecule has 1 aromatic carbocycles. The number of rotatable bonds is 11. The van der Waals surface area contributed by atoms with Gasteiger partial charge in [-0.25, -0.2) is 4.79 Å². The highest BCUT2D eigenvalue weighted by Crippen LogP contribution is 2.21. The number of aliphatic carboxylic acids is 1. The second kappa shape index (κ2) is 12.5. The lowest BCUT2D eigenvalue weighted by Gasteiger charge is -2.32. The van der Waals surface area contributed by atoms with Crippen LogP contribution in [0.3, 0.4) is 0 Å². The molecular weight excluding hydrogens is 436 g/mol. The van der Waals surface area contributed by atoms with Crippen molar-refractivity contribution in [1.82, 2.24) is 15.5 Å². The fourth-order valence-corrected chi connectivity index (χ4v) is 4.15.